The number of ether oxygens (including phenoxy) is 1. The van der Waals surface area contributed by atoms with Gasteiger partial charge in [-0.2, -0.15) is 0 Å². The van der Waals surface area contributed by atoms with Gasteiger partial charge in [-0.3, -0.25) is 4.79 Å². The molecule has 0 aliphatic carbocycles. The van der Waals surface area contributed by atoms with Crippen LogP contribution in [0.15, 0.2) is 48.5 Å². The molecule has 2 rings (SSSR count). The third-order valence-electron chi connectivity index (χ3n) is 3.50. The van der Waals surface area contributed by atoms with Crippen LogP contribution in [0, 0.1) is 6.92 Å². The summed E-state index contributed by atoms with van der Waals surface area (Å²) >= 11 is 0. The Morgan fingerprint density at radius 3 is 2.26 bits per heavy atom. The second-order valence-corrected chi connectivity index (χ2v) is 5.29. The zero-order valence-corrected chi connectivity index (χ0v) is 14.3. The molecule has 23 heavy (non-hydrogen) atoms. The van der Waals surface area contributed by atoms with Gasteiger partial charge in [-0.05, 0) is 36.8 Å². The van der Waals surface area contributed by atoms with Crippen molar-refractivity contribution in [3.63, 3.8) is 0 Å². The molecule has 2 aromatic rings. The molecule has 5 heteroatoms. The number of carbonyl (C=O) groups is 1. The maximum absolute atomic E-state index is 12.3. The Balaban J connectivity index is 0.00000264. The molecule has 0 radical (unpaired) electrons. The molecule has 0 saturated heterocycles. The van der Waals surface area contributed by atoms with Gasteiger partial charge in [0.1, 0.15) is 12.4 Å². The number of carbonyl (C=O) groups excluding carboxylic acids is 1. The fourth-order valence-electron chi connectivity index (χ4n) is 2.04. The van der Waals surface area contributed by atoms with Gasteiger partial charge in [0.05, 0.1) is 6.54 Å². The molecule has 0 aliphatic heterocycles. The first-order valence-electron chi connectivity index (χ1n) is 7.34. The number of halogens is 1. The molecule has 2 N–H and O–H groups in total. The molecule has 0 spiro atoms. The average Bonchev–Trinajstić information content (AvgIpc) is 2.56. The Kier molecular flexibility index (Phi) is 7.59. The Hall–Kier alpha value is -2.04. The van der Waals surface area contributed by atoms with E-state index in [2.05, 4.69) is 0 Å². The lowest BCUT2D eigenvalue weighted by molar-refractivity contribution is 0.0774. The molecule has 0 aliphatic rings. The molecule has 0 saturated carbocycles. The number of aryl methyl sites for hydroxylation is 1. The van der Waals surface area contributed by atoms with Crippen molar-refractivity contribution in [2.75, 3.05) is 20.2 Å². The van der Waals surface area contributed by atoms with Crippen molar-refractivity contribution in [1.29, 1.82) is 0 Å². The number of nitrogens with two attached hydrogens (primary N) is 1. The van der Waals surface area contributed by atoms with Crippen LogP contribution in [0.3, 0.4) is 0 Å². The van der Waals surface area contributed by atoms with Gasteiger partial charge in [-0.15, -0.1) is 12.4 Å². The van der Waals surface area contributed by atoms with Crippen LogP contribution >= 0.6 is 12.4 Å². The third-order valence-corrected chi connectivity index (χ3v) is 3.50. The van der Waals surface area contributed by atoms with Gasteiger partial charge >= 0.3 is 0 Å². The van der Waals surface area contributed by atoms with E-state index in [0.29, 0.717) is 25.3 Å². The number of nitrogens with zero attached hydrogens (tertiary/aromatic N) is 1. The summed E-state index contributed by atoms with van der Waals surface area (Å²) in [6.45, 7) is 3.51. The van der Waals surface area contributed by atoms with E-state index in [-0.39, 0.29) is 18.3 Å². The Morgan fingerprint density at radius 2 is 1.70 bits per heavy atom. The lowest BCUT2D eigenvalue weighted by Crippen LogP contribution is -2.30. The predicted molar refractivity (Wildman–Crippen MR) is 95.2 cm³/mol. The minimum Gasteiger partial charge on any atom is -0.492 e. The second-order valence-electron chi connectivity index (χ2n) is 5.29. The molecule has 1 amide bonds. The van der Waals surface area contributed by atoms with Crippen LogP contribution in [0.4, 0.5) is 0 Å². The van der Waals surface area contributed by atoms with E-state index in [1.54, 1.807) is 11.9 Å². The SMILES string of the molecule is Cc1ccc(OCCN(C)C(=O)c2ccc(CN)cc2)cc1.Cl. The van der Waals surface area contributed by atoms with Gasteiger partial charge in [0, 0.05) is 19.2 Å². The van der Waals surface area contributed by atoms with Crippen molar-refractivity contribution < 1.29 is 9.53 Å². The summed E-state index contributed by atoms with van der Waals surface area (Å²) in [5.74, 6) is 0.801. The van der Waals surface area contributed by atoms with Crippen molar-refractivity contribution in [3.8, 4) is 5.75 Å². The van der Waals surface area contributed by atoms with Crippen molar-refractivity contribution in [2.45, 2.75) is 13.5 Å². The molecule has 0 atom stereocenters. The monoisotopic (exact) mass is 334 g/mol. The van der Waals surface area contributed by atoms with E-state index in [1.807, 2.05) is 55.5 Å². The standard InChI is InChI=1S/C18H22N2O2.ClH/c1-14-3-9-17(10-4-14)22-12-11-20(2)18(21)16-7-5-15(13-19)6-8-16;/h3-10H,11-13,19H2,1-2H3;1H. The van der Waals surface area contributed by atoms with Crippen LogP contribution in [0.5, 0.6) is 5.75 Å². The highest BCUT2D eigenvalue weighted by Crippen LogP contribution is 2.11. The first kappa shape index (κ1) is 19.0. The van der Waals surface area contributed by atoms with Crippen LogP contribution in [-0.4, -0.2) is 31.0 Å². The summed E-state index contributed by atoms with van der Waals surface area (Å²) in [4.78, 5) is 13.9. The minimum atomic E-state index is -0.0175. The highest BCUT2D eigenvalue weighted by atomic mass is 35.5. The van der Waals surface area contributed by atoms with Gasteiger partial charge in [-0.1, -0.05) is 29.8 Å². The molecular weight excluding hydrogens is 312 g/mol. The van der Waals surface area contributed by atoms with Crippen molar-refractivity contribution in [1.82, 2.24) is 4.90 Å². The number of rotatable bonds is 6. The number of likely N-dealkylation sites (N-methyl/N-ethyl adjacent to an activating group) is 1. The highest BCUT2D eigenvalue weighted by Gasteiger charge is 2.11. The van der Waals surface area contributed by atoms with E-state index in [9.17, 15) is 4.79 Å². The molecule has 0 bridgehead atoms. The van der Waals surface area contributed by atoms with Gasteiger partial charge in [0.25, 0.3) is 5.91 Å². The number of benzene rings is 2. The van der Waals surface area contributed by atoms with Crippen molar-refractivity contribution in [3.05, 3.63) is 65.2 Å². The Bertz CT molecular complexity index is 612. The van der Waals surface area contributed by atoms with Crippen LogP contribution in [0.1, 0.15) is 21.5 Å². The Morgan fingerprint density at radius 1 is 1.09 bits per heavy atom. The summed E-state index contributed by atoms with van der Waals surface area (Å²) in [6.07, 6.45) is 0. The smallest absolute Gasteiger partial charge is 0.253 e. The largest absolute Gasteiger partial charge is 0.492 e. The molecule has 0 heterocycles. The molecular formula is C18H23ClN2O2. The van der Waals surface area contributed by atoms with Gasteiger partial charge in [-0.25, -0.2) is 0 Å². The van der Waals surface area contributed by atoms with Crippen LogP contribution in [-0.2, 0) is 6.54 Å². The van der Waals surface area contributed by atoms with E-state index in [4.69, 9.17) is 10.5 Å². The van der Waals surface area contributed by atoms with Crippen LogP contribution in [0.25, 0.3) is 0 Å². The zero-order valence-electron chi connectivity index (χ0n) is 13.5. The maximum Gasteiger partial charge on any atom is 0.253 e. The summed E-state index contributed by atoms with van der Waals surface area (Å²) in [7, 11) is 1.78. The van der Waals surface area contributed by atoms with E-state index in [1.165, 1.54) is 5.56 Å². The van der Waals surface area contributed by atoms with E-state index in [0.717, 1.165) is 11.3 Å². The molecule has 0 fully saturated rings. The molecule has 0 unspecified atom stereocenters. The van der Waals surface area contributed by atoms with Gasteiger partial charge < -0.3 is 15.4 Å². The van der Waals surface area contributed by atoms with Gasteiger partial charge in [0.2, 0.25) is 0 Å². The van der Waals surface area contributed by atoms with E-state index >= 15 is 0 Å². The third kappa shape index (κ3) is 5.58. The number of hydrogen-bond donors (Lipinski definition) is 1. The summed E-state index contributed by atoms with van der Waals surface area (Å²) < 4.78 is 5.64. The first-order valence-corrected chi connectivity index (χ1v) is 7.34. The van der Waals surface area contributed by atoms with Crippen LogP contribution < -0.4 is 10.5 Å². The number of amides is 1. The minimum absolute atomic E-state index is 0. The first-order chi connectivity index (χ1) is 10.6. The predicted octanol–water partition coefficient (Wildman–Crippen LogP) is 3.03. The fourth-order valence-corrected chi connectivity index (χ4v) is 2.04. The quantitative estimate of drug-likeness (QED) is 0.883. The molecule has 4 nitrogen and oxygen atoms in total. The highest BCUT2D eigenvalue weighted by molar-refractivity contribution is 5.94. The number of hydrogen-bond acceptors (Lipinski definition) is 3. The molecule has 0 aromatic heterocycles. The summed E-state index contributed by atoms with van der Waals surface area (Å²) in [5, 5.41) is 0. The van der Waals surface area contributed by atoms with Crippen molar-refractivity contribution in [2.24, 2.45) is 5.73 Å². The second kappa shape index (κ2) is 9.18. The van der Waals surface area contributed by atoms with Gasteiger partial charge in [0.15, 0.2) is 0 Å². The lowest BCUT2D eigenvalue weighted by Gasteiger charge is -2.17. The van der Waals surface area contributed by atoms with Crippen LogP contribution in [0.2, 0.25) is 0 Å². The maximum atomic E-state index is 12.3. The average molecular weight is 335 g/mol. The van der Waals surface area contributed by atoms with Crippen molar-refractivity contribution >= 4 is 18.3 Å². The summed E-state index contributed by atoms with van der Waals surface area (Å²) in [6, 6.07) is 15.2. The zero-order chi connectivity index (χ0) is 15.9. The fraction of sp³-hybridized carbons (Fsp3) is 0.278. The molecule has 124 valence electrons. The Labute approximate surface area is 143 Å². The summed E-state index contributed by atoms with van der Waals surface area (Å²) in [5.41, 5.74) is 8.43. The normalized spacial score (nSPS) is 9.87. The topological polar surface area (TPSA) is 55.6 Å². The lowest BCUT2D eigenvalue weighted by atomic mass is 10.1. The molecule has 2 aromatic carbocycles. The van der Waals surface area contributed by atoms with E-state index < -0.39 is 0 Å².